The number of hydrogen-bond acceptors (Lipinski definition) is 7. The van der Waals surface area contributed by atoms with E-state index in [4.69, 9.17) is 9.47 Å². The first kappa shape index (κ1) is 20.1. The van der Waals surface area contributed by atoms with Crippen LogP contribution in [0.1, 0.15) is 11.1 Å². The zero-order valence-corrected chi connectivity index (χ0v) is 14.6. The summed E-state index contributed by atoms with van der Waals surface area (Å²) in [5.74, 6) is -1.98. The third-order valence-electron chi connectivity index (χ3n) is 3.46. The molecule has 142 valence electrons. The quantitative estimate of drug-likeness (QED) is 0.407. The number of aromatic hydroxyl groups is 1. The van der Waals surface area contributed by atoms with Crippen molar-refractivity contribution in [1.82, 2.24) is 0 Å². The van der Waals surface area contributed by atoms with Gasteiger partial charge >= 0.3 is 17.9 Å². The summed E-state index contributed by atoms with van der Waals surface area (Å²) in [6.45, 7) is -0.496. The monoisotopic (exact) mass is 372 g/mol. The van der Waals surface area contributed by atoms with Crippen LogP contribution in [0, 0.1) is 0 Å². The third kappa shape index (κ3) is 7.70. The lowest BCUT2D eigenvalue weighted by Gasteiger charge is -2.07. The van der Waals surface area contributed by atoms with Gasteiger partial charge < -0.3 is 19.3 Å². The molecule has 0 radical (unpaired) electrons. The van der Waals surface area contributed by atoms with Crippen molar-refractivity contribution >= 4 is 17.9 Å². The summed E-state index contributed by atoms with van der Waals surface area (Å²) in [4.78, 5) is 34.8. The maximum Gasteiger partial charge on any atom is 0.339 e. The number of hydrogen-bond donors (Lipinski definition) is 1. The molecule has 0 aliphatic rings. The molecule has 0 unspecified atom stereocenters. The molecule has 7 heteroatoms. The van der Waals surface area contributed by atoms with Gasteiger partial charge in [-0.15, -0.1) is 0 Å². The summed E-state index contributed by atoms with van der Waals surface area (Å²) >= 11 is 0. The van der Waals surface area contributed by atoms with E-state index in [1.165, 1.54) is 6.07 Å². The molecule has 0 heterocycles. The minimum Gasteiger partial charge on any atom is -0.508 e. The fourth-order valence-electron chi connectivity index (χ4n) is 2.19. The Morgan fingerprint density at radius 1 is 0.778 bits per heavy atom. The molecule has 2 rings (SSSR count). The molecule has 2 aromatic rings. The lowest BCUT2D eigenvalue weighted by molar-refractivity contribution is -0.162. The van der Waals surface area contributed by atoms with E-state index >= 15 is 0 Å². The number of carbonyl (C=O) groups is 3. The summed E-state index contributed by atoms with van der Waals surface area (Å²) in [5, 5.41) is 9.58. The van der Waals surface area contributed by atoms with Crippen LogP contribution in [0.2, 0.25) is 0 Å². The van der Waals surface area contributed by atoms with Crippen molar-refractivity contribution in [3.05, 3.63) is 65.7 Å². The highest BCUT2D eigenvalue weighted by Crippen LogP contribution is 2.16. The molecule has 0 fully saturated rings. The Morgan fingerprint density at radius 2 is 1.48 bits per heavy atom. The Labute approximate surface area is 156 Å². The zero-order valence-electron chi connectivity index (χ0n) is 14.6. The number of carbonyl (C=O) groups excluding carboxylic acids is 3. The number of phenolic OH excluding ortho intramolecular Hbond substituents is 1. The van der Waals surface area contributed by atoms with E-state index in [1.54, 1.807) is 42.5 Å². The SMILES string of the molecule is O=C(Cc1ccccc1O)OCCOCC(=O)OC(=O)Cc1ccccc1. The lowest BCUT2D eigenvalue weighted by atomic mass is 10.1. The normalized spacial score (nSPS) is 10.2. The highest BCUT2D eigenvalue weighted by atomic mass is 16.6. The largest absolute Gasteiger partial charge is 0.508 e. The smallest absolute Gasteiger partial charge is 0.339 e. The first-order valence-corrected chi connectivity index (χ1v) is 8.32. The molecule has 0 aliphatic carbocycles. The van der Waals surface area contributed by atoms with Gasteiger partial charge in [-0.05, 0) is 11.6 Å². The molecule has 0 atom stereocenters. The van der Waals surface area contributed by atoms with Crippen LogP contribution in [-0.2, 0) is 41.4 Å². The number of benzene rings is 2. The summed E-state index contributed by atoms with van der Waals surface area (Å²) < 4.78 is 14.6. The fourth-order valence-corrected chi connectivity index (χ4v) is 2.19. The van der Waals surface area contributed by atoms with Crippen LogP contribution in [0.5, 0.6) is 5.75 Å². The average Bonchev–Trinajstić information content (AvgIpc) is 2.64. The first-order valence-electron chi connectivity index (χ1n) is 8.32. The highest BCUT2D eigenvalue weighted by molar-refractivity contribution is 5.87. The molecule has 0 aliphatic heterocycles. The van der Waals surface area contributed by atoms with Crippen molar-refractivity contribution < 1.29 is 33.7 Å². The Morgan fingerprint density at radius 3 is 2.22 bits per heavy atom. The van der Waals surface area contributed by atoms with Crippen LogP contribution in [0.3, 0.4) is 0 Å². The van der Waals surface area contributed by atoms with Crippen LogP contribution in [0.4, 0.5) is 0 Å². The lowest BCUT2D eigenvalue weighted by Crippen LogP contribution is -2.20. The molecule has 0 aromatic heterocycles. The van der Waals surface area contributed by atoms with E-state index in [9.17, 15) is 19.5 Å². The zero-order chi connectivity index (χ0) is 19.5. The van der Waals surface area contributed by atoms with Gasteiger partial charge in [0.2, 0.25) is 0 Å². The Hall–Kier alpha value is -3.19. The number of phenols is 1. The van der Waals surface area contributed by atoms with E-state index in [1.807, 2.05) is 6.07 Å². The Balaban J connectivity index is 1.57. The summed E-state index contributed by atoms with van der Waals surface area (Å²) in [7, 11) is 0. The highest BCUT2D eigenvalue weighted by Gasteiger charge is 2.12. The van der Waals surface area contributed by atoms with Crippen molar-refractivity contribution in [3.8, 4) is 5.75 Å². The van der Waals surface area contributed by atoms with E-state index in [0.717, 1.165) is 5.56 Å². The van der Waals surface area contributed by atoms with E-state index in [-0.39, 0.29) is 31.8 Å². The third-order valence-corrected chi connectivity index (χ3v) is 3.46. The van der Waals surface area contributed by atoms with E-state index in [0.29, 0.717) is 5.56 Å². The molecule has 0 amide bonds. The van der Waals surface area contributed by atoms with Gasteiger partial charge in [0, 0.05) is 5.56 Å². The van der Waals surface area contributed by atoms with Crippen LogP contribution < -0.4 is 0 Å². The summed E-state index contributed by atoms with van der Waals surface area (Å²) in [5.41, 5.74) is 1.21. The van der Waals surface area contributed by atoms with Gasteiger partial charge in [-0.3, -0.25) is 9.59 Å². The van der Waals surface area contributed by atoms with E-state index < -0.39 is 24.5 Å². The van der Waals surface area contributed by atoms with Gasteiger partial charge in [-0.1, -0.05) is 48.5 Å². The van der Waals surface area contributed by atoms with E-state index in [2.05, 4.69) is 4.74 Å². The number of rotatable bonds is 9. The van der Waals surface area contributed by atoms with Crippen molar-refractivity contribution in [1.29, 1.82) is 0 Å². The molecule has 27 heavy (non-hydrogen) atoms. The molecule has 0 spiro atoms. The number of para-hydroxylation sites is 1. The minimum absolute atomic E-state index is 0.00345. The molecule has 2 aromatic carbocycles. The van der Waals surface area contributed by atoms with Crippen molar-refractivity contribution in [3.63, 3.8) is 0 Å². The molecule has 1 N–H and O–H groups in total. The summed E-state index contributed by atoms with van der Waals surface area (Å²) in [6, 6.07) is 15.4. The van der Waals surface area contributed by atoms with Crippen LogP contribution in [0.25, 0.3) is 0 Å². The number of ether oxygens (including phenoxy) is 3. The maximum absolute atomic E-state index is 11.7. The molecule has 7 nitrogen and oxygen atoms in total. The average molecular weight is 372 g/mol. The number of esters is 3. The second-order valence-corrected chi connectivity index (χ2v) is 5.59. The van der Waals surface area contributed by atoms with Crippen molar-refractivity contribution in [2.24, 2.45) is 0 Å². The molecule has 0 bridgehead atoms. The molecule has 0 saturated heterocycles. The van der Waals surface area contributed by atoms with Gasteiger partial charge in [0.05, 0.1) is 19.4 Å². The fraction of sp³-hybridized carbons (Fsp3) is 0.250. The standard InChI is InChI=1S/C20H20O7/c21-17-9-5-4-8-16(17)13-18(22)26-11-10-25-14-20(24)27-19(23)12-15-6-2-1-3-7-15/h1-9,21H,10-14H2. The van der Waals surface area contributed by atoms with Crippen LogP contribution >= 0.6 is 0 Å². The second kappa shape index (κ2) is 10.7. The predicted octanol–water partition coefficient (Wildman–Crippen LogP) is 1.81. The van der Waals surface area contributed by atoms with Gasteiger partial charge in [0.15, 0.2) is 0 Å². The molecular weight excluding hydrogens is 352 g/mol. The first-order chi connectivity index (χ1) is 13.0. The van der Waals surface area contributed by atoms with Crippen molar-refractivity contribution in [2.45, 2.75) is 12.8 Å². The summed E-state index contributed by atoms with van der Waals surface area (Å²) in [6.07, 6.45) is -0.0702. The molecule has 0 saturated carbocycles. The van der Waals surface area contributed by atoms with Gasteiger partial charge in [0.25, 0.3) is 0 Å². The molecular formula is C20H20O7. The topological polar surface area (TPSA) is 99.1 Å². The predicted molar refractivity (Wildman–Crippen MR) is 94.8 cm³/mol. The van der Waals surface area contributed by atoms with Crippen LogP contribution in [0.15, 0.2) is 54.6 Å². The Kier molecular flexibility index (Phi) is 7.99. The van der Waals surface area contributed by atoms with Gasteiger partial charge in [-0.25, -0.2) is 4.79 Å². The minimum atomic E-state index is -0.809. The maximum atomic E-state index is 11.7. The van der Waals surface area contributed by atoms with Gasteiger partial charge in [-0.2, -0.15) is 0 Å². The van der Waals surface area contributed by atoms with Crippen LogP contribution in [-0.4, -0.2) is 42.8 Å². The van der Waals surface area contributed by atoms with Gasteiger partial charge in [0.1, 0.15) is 19.0 Å². The second-order valence-electron chi connectivity index (χ2n) is 5.59. The van der Waals surface area contributed by atoms with Crippen molar-refractivity contribution in [2.75, 3.05) is 19.8 Å². The Bertz CT molecular complexity index is 771.